The summed E-state index contributed by atoms with van der Waals surface area (Å²) >= 11 is 2.08. The van der Waals surface area contributed by atoms with Crippen molar-refractivity contribution >= 4 is 11.8 Å². The lowest BCUT2D eigenvalue weighted by atomic mass is 9.85. The molecular weight excluding hydrogens is 258 g/mol. The van der Waals surface area contributed by atoms with E-state index in [9.17, 15) is 0 Å². The van der Waals surface area contributed by atoms with Gasteiger partial charge in [0, 0.05) is 25.8 Å². The minimum Gasteiger partial charge on any atom is -0.381 e. The summed E-state index contributed by atoms with van der Waals surface area (Å²) in [6, 6.07) is 0.666. The van der Waals surface area contributed by atoms with E-state index in [2.05, 4.69) is 17.1 Å². The van der Waals surface area contributed by atoms with Crippen LogP contribution in [-0.4, -0.2) is 49.5 Å². The SMILES string of the molecule is C1COCC(CNC2CCOC3(CCSCC3)C2)C1. The summed E-state index contributed by atoms with van der Waals surface area (Å²) in [5.41, 5.74) is 0.213. The molecular formula is C15H27NO2S. The van der Waals surface area contributed by atoms with Gasteiger partial charge in [0.1, 0.15) is 0 Å². The zero-order valence-electron chi connectivity index (χ0n) is 11.9. The van der Waals surface area contributed by atoms with E-state index in [0.717, 1.165) is 32.3 Å². The van der Waals surface area contributed by atoms with Gasteiger partial charge in [-0.2, -0.15) is 11.8 Å². The van der Waals surface area contributed by atoms with Crippen LogP contribution < -0.4 is 5.32 Å². The molecule has 3 aliphatic rings. The van der Waals surface area contributed by atoms with Crippen molar-refractivity contribution in [2.75, 3.05) is 37.9 Å². The van der Waals surface area contributed by atoms with Gasteiger partial charge < -0.3 is 14.8 Å². The standard InChI is InChI=1S/C15H27NO2S/c1-2-13(12-17-6-1)11-16-14-3-7-18-15(10-14)4-8-19-9-5-15/h13-14,16H,1-12H2. The summed E-state index contributed by atoms with van der Waals surface area (Å²) in [5, 5.41) is 3.80. The second-order valence-electron chi connectivity index (χ2n) is 6.32. The molecule has 3 rings (SSSR count). The van der Waals surface area contributed by atoms with Crippen LogP contribution in [0.3, 0.4) is 0 Å². The molecule has 3 nitrogen and oxygen atoms in total. The van der Waals surface area contributed by atoms with E-state index in [1.165, 1.54) is 50.0 Å². The van der Waals surface area contributed by atoms with Gasteiger partial charge in [-0.3, -0.25) is 0 Å². The van der Waals surface area contributed by atoms with E-state index in [1.54, 1.807) is 0 Å². The summed E-state index contributed by atoms with van der Waals surface area (Å²) in [6.45, 7) is 4.01. The Morgan fingerprint density at radius 3 is 2.84 bits per heavy atom. The zero-order valence-corrected chi connectivity index (χ0v) is 12.7. The molecule has 1 spiro atoms. The lowest BCUT2D eigenvalue weighted by Crippen LogP contribution is -2.50. The van der Waals surface area contributed by atoms with Crippen LogP contribution in [0.25, 0.3) is 0 Å². The first-order valence-corrected chi connectivity index (χ1v) is 9.05. The first-order chi connectivity index (χ1) is 9.36. The molecule has 0 aromatic heterocycles. The van der Waals surface area contributed by atoms with Crippen molar-refractivity contribution < 1.29 is 9.47 Å². The van der Waals surface area contributed by atoms with Crippen molar-refractivity contribution in [3.63, 3.8) is 0 Å². The van der Waals surface area contributed by atoms with Crippen LogP contribution >= 0.6 is 11.8 Å². The van der Waals surface area contributed by atoms with Gasteiger partial charge in [0.2, 0.25) is 0 Å². The number of hydrogen-bond acceptors (Lipinski definition) is 4. The largest absolute Gasteiger partial charge is 0.381 e. The van der Waals surface area contributed by atoms with E-state index in [4.69, 9.17) is 9.47 Å². The topological polar surface area (TPSA) is 30.5 Å². The van der Waals surface area contributed by atoms with Crippen molar-refractivity contribution in [2.24, 2.45) is 5.92 Å². The lowest BCUT2D eigenvalue weighted by Gasteiger charge is -2.43. The molecule has 0 aromatic carbocycles. The Hall–Kier alpha value is 0.230. The quantitative estimate of drug-likeness (QED) is 0.863. The lowest BCUT2D eigenvalue weighted by molar-refractivity contribution is -0.0938. The maximum atomic E-state index is 6.15. The van der Waals surface area contributed by atoms with Crippen molar-refractivity contribution in [1.82, 2.24) is 5.32 Å². The molecule has 1 N–H and O–H groups in total. The Kier molecular flexibility index (Phi) is 5.07. The molecule has 3 aliphatic heterocycles. The van der Waals surface area contributed by atoms with Crippen LogP contribution in [0, 0.1) is 5.92 Å². The summed E-state index contributed by atoms with van der Waals surface area (Å²) in [6.07, 6.45) is 7.48. The number of ether oxygens (including phenoxy) is 2. The van der Waals surface area contributed by atoms with Crippen molar-refractivity contribution in [3.8, 4) is 0 Å². The van der Waals surface area contributed by atoms with Crippen molar-refractivity contribution in [3.05, 3.63) is 0 Å². The van der Waals surface area contributed by atoms with Gasteiger partial charge in [0.05, 0.1) is 12.2 Å². The molecule has 3 saturated heterocycles. The normalized spacial score (nSPS) is 35.4. The monoisotopic (exact) mass is 285 g/mol. The molecule has 3 fully saturated rings. The minimum atomic E-state index is 0.213. The number of rotatable bonds is 3. The molecule has 0 amide bonds. The summed E-state index contributed by atoms with van der Waals surface area (Å²) in [5.74, 6) is 3.29. The van der Waals surface area contributed by atoms with Crippen LogP contribution in [-0.2, 0) is 9.47 Å². The number of hydrogen-bond donors (Lipinski definition) is 1. The first-order valence-electron chi connectivity index (χ1n) is 7.89. The minimum absolute atomic E-state index is 0.213. The maximum Gasteiger partial charge on any atom is 0.0713 e. The summed E-state index contributed by atoms with van der Waals surface area (Å²) in [4.78, 5) is 0. The van der Waals surface area contributed by atoms with Crippen LogP contribution in [0.4, 0.5) is 0 Å². The average Bonchev–Trinajstić information content (AvgIpc) is 2.47. The molecule has 19 heavy (non-hydrogen) atoms. The molecule has 3 heterocycles. The van der Waals surface area contributed by atoms with Gasteiger partial charge in [0.15, 0.2) is 0 Å². The van der Waals surface area contributed by atoms with Gasteiger partial charge in [-0.25, -0.2) is 0 Å². The van der Waals surface area contributed by atoms with E-state index in [0.29, 0.717) is 6.04 Å². The molecule has 0 radical (unpaired) electrons. The average molecular weight is 285 g/mol. The third kappa shape index (κ3) is 3.87. The third-order valence-corrected chi connectivity index (χ3v) is 5.83. The zero-order chi connectivity index (χ0) is 13.0. The third-order valence-electron chi connectivity index (χ3n) is 4.85. The van der Waals surface area contributed by atoms with E-state index >= 15 is 0 Å². The molecule has 110 valence electrons. The van der Waals surface area contributed by atoms with Gasteiger partial charge in [0.25, 0.3) is 0 Å². The van der Waals surface area contributed by atoms with Gasteiger partial charge in [-0.05, 0) is 55.9 Å². The van der Waals surface area contributed by atoms with Crippen molar-refractivity contribution in [2.45, 2.75) is 50.2 Å². The highest BCUT2D eigenvalue weighted by atomic mass is 32.2. The second-order valence-corrected chi connectivity index (χ2v) is 7.55. The first kappa shape index (κ1) is 14.2. The Morgan fingerprint density at radius 1 is 1.16 bits per heavy atom. The molecule has 0 aromatic rings. The second kappa shape index (κ2) is 6.79. The van der Waals surface area contributed by atoms with E-state index in [-0.39, 0.29) is 5.60 Å². The maximum absolute atomic E-state index is 6.15. The van der Waals surface area contributed by atoms with Crippen LogP contribution in [0.5, 0.6) is 0 Å². The smallest absolute Gasteiger partial charge is 0.0713 e. The Morgan fingerprint density at radius 2 is 2.05 bits per heavy atom. The summed E-state index contributed by atoms with van der Waals surface area (Å²) in [7, 11) is 0. The van der Waals surface area contributed by atoms with Crippen molar-refractivity contribution in [1.29, 1.82) is 0 Å². The Balaban J connectivity index is 1.45. The summed E-state index contributed by atoms with van der Waals surface area (Å²) < 4.78 is 11.7. The Labute approximate surface area is 121 Å². The van der Waals surface area contributed by atoms with Crippen LogP contribution in [0.15, 0.2) is 0 Å². The molecule has 0 saturated carbocycles. The number of thioether (sulfide) groups is 1. The number of nitrogens with one attached hydrogen (secondary N) is 1. The van der Waals surface area contributed by atoms with Crippen LogP contribution in [0.2, 0.25) is 0 Å². The molecule has 4 heteroatoms. The van der Waals surface area contributed by atoms with Gasteiger partial charge in [-0.1, -0.05) is 0 Å². The van der Waals surface area contributed by atoms with Gasteiger partial charge in [-0.15, -0.1) is 0 Å². The molecule has 0 bridgehead atoms. The fourth-order valence-electron chi connectivity index (χ4n) is 3.60. The molecule has 2 atom stereocenters. The predicted molar refractivity (Wildman–Crippen MR) is 79.8 cm³/mol. The van der Waals surface area contributed by atoms with E-state index in [1.807, 2.05) is 0 Å². The highest BCUT2D eigenvalue weighted by molar-refractivity contribution is 7.99. The fraction of sp³-hybridized carbons (Fsp3) is 1.00. The predicted octanol–water partition coefficient (Wildman–Crippen LogP) is 2.45. The van der Waals surface area contributed by atoms with E-state index < -0.39 is 0 Å². The van der Waals surface area contributed by atoms with Gasteiger partial charge >= 0.3 is 0 Å². The highest BCUT2D eigenvalue weighted by Crippen LogP contribution is 2.37. The molecule has 0 aliphatic carbocycles. The van der Waals surface area contributed by atoms with Crippen LogP contribution in [0.1, 0.15) is 38.5 Å². The fourth-order valence-corrected chi connectivity index (χ4v) is 4.83. The Bertz CT molecular complexity index is 270. The highest BCUT2D eigenvalue weighted by Gasteiger charge is 2.38. The molecule has 2 unspecified atom stereocenters.